The highest BCUT2D eigenvalue weighted by Gasteiger charge is 2.57. The second-order valence-corrected chi connectivity index (χ2v) is 17.8. The summed E-state index contributed by atoms with van der Waals surface area (Å²) in [7, 11) is 0. The number of rotatable bonds is 13. The highest BCUT2D eigenvalue weighted by molar-refractivity contribution is 7.13. The number of nitrogens with one attached hydrogen (secondary N) is 2. The molecule has 0 radical (unpaired) electrons. The fourth-order valence-corrected chi connectivity index (χ4v) is 10.2. The molecule has 0 spiro atoms. The number of phenolic OH excluding ortho intramolecular Hbond substituents is 1. The number of β-amino-alcohol motifs (C(OH)–C–C–N with tert-alkyl or cyclic N) is 1. The van der Waals surface area contributed by atoms with Gasteiger partial charge < -0.3 is 34.7 Å². The summed E-state index contributed by atoms with van der Waals surface area (Å²) in [5.74, 6) is 0.902. The van der Waals surface area contributed by atoms with E-state index >= 15 is 0 Å². The van der Waals surface area contributed by atoms with E-state index in [9.17, 15) is 19.8 Å². The summed E-state index contributed by atoms with van der Waals surface area (Å²) in [6, 6.07) is 17.8. The maximum absolute atomic E-state index is 14.2. The van der Waals surface area contributed by atoms with E-state index in [4.69, 9.17) is 9.26 Å². The molecule has 2 aromatic carbocycles. The van der Waals surface area contributed by atoms with Crippen molar-refractivity contribution in [2.24, 2.45) is 17.8 Å². The Morgan fingerprint density at radius 1 is 1.03 bits per heavy atom. The van der Waals surface area contributed by atoms with E-state index in [1.54, 1.807) is 29.5 Å². The number of aromatic nitrogens is 5. The highest BCUT2D eigenvalue weighted by atomic mass is 32.1. The van der Waals surface area contributed by atoms with Crippen LogP contribution in [0.4, 0.5) is 0 Å². The molecular formula is C45H50N8O6S. The molecule has 312 valence electrons. The van der Waals surface area contributed by atoms with E-state index in [2.05, 4.69) is 42.5 Å². The monoisotopic (exact) mass is 830 g/mol. The minimum atomic E-state index is -0.822. The Labute approximate surface area is 352 Å². The van der Waals surface area contributed by atoms with Gasteiger partial charge in [0, 0.05) is 61.2 Å². The van der Waals surface area contributed by atoms with Gasteiger partial charge in [-0.1, -0.05) is 50.2 Å². The molecule has 7 atom stereocenters. The van der Waals surface area contributed by atoms with E-state index in [1.807, 2.05) is 75.7 Å². The number of piperidine rings is 1. The van der Waals surface area contributed by atoms with Crippen molar-refractivity contribution in [1.29, 1.82) is 0 Å². The lowest BCUT2D eigenvalue weighted by atomic mass is 9.91. The van der Waals surface area contributed by atoms with Crippen molar-refractivity contribution >= 4 is 34.2 Å². The van der Waals surface area contributed by atoms with Gasteiger partial charge in [-0.05, 0) is 78.6 Å². The molecule has 60 heavy (non-hydrogen) atoms. The topological polar surface area (TPSA) is 183 Å². The Morgan fingerprint density at radius 3 is 2.52 bits per heavy atom. The van der Waals surface area contributed by atoms with Crippen molar-refractivity contribution < 1.29 is 29.1 Å². The van der Waals surface area contributed by atoms with Crippen LogP contribution >= 0.6 is 11.3 Å². The van der Waals surface area contributed by atoms with Gasteiger partial charge in [0.05, 0.1) is 33.9 Å². The molecule has 1 aliphatic carbocycles. The van der Waals surface area contributed by atoms with Crippen LogP contribution in [0.3, 0.4) is 0 Å². The molecule has 2 saturated heterocycles. The van der Waals surface area contributed by atoms with Gasteiger partial charge in [-0.25, -0.2) is 4.98 Å². The first-order valence-corrected chi connectivity index (χ1v) is 21.6. The van der Waals surface area contributed by atoms with E-state index < -0.39 is 18.1 Å². The van der Waals surface area contributed by atoms with E-state index in [0.29, 0.717) is 47.3 Å². The van der Waals surface area contributed by atoms with Crippen LogP contribution in [0.15, 0.2) is 70.7 Å². The second-order valence-electron chi connectivity index (χ2n) is 16.9. The van der Waals surface area contributed by atoms with E-state index in [1.165, 1.54) is 16.2 Å². The maximum Gasteiger partial charge on any atom is 0.254 e. The SMILES string of the molecule is Cc1ncsc1-c1ccc([C@H](C)NC(=O)[C@@H]2C[C@@H](O)CN2C(=O)[C@@H](c2cc(OCCN3C[C@@H]4[C@H](C3)[C@H]4c3[nH]c4nnc(-c5ccccc5O)cc4c3C)no2)C(C)C)cc1. The summed E-state index contributed by atoms with van der Waals surface area (Å²) in [5.41, 5.74) is 9.29. The average molecular weight is 831 g/mol. The molecule has 3 aliphatic rings. The number of ether oxygens (including phenoxy) is 1. The van der Waals surface area contributed by atoms with Gasteiger partial charge in [0.25, 0.3) is 5.88 Å². The fraction of sp³-hybridized carbons (Fsp3) is 0.422. The fourth-order valence-electron chi connectivity index (χ4n) is 9.40. The number of benzene rings is 2. The van der Waals surface area contributed by atoms with Crippen LogP contribution in [-0.2, 0) is 9.59 Å². The van der Waals surface area contributed by atoms with Crippen molar-refractivity contribution in [3.8, 4) is 33.3 Å². The Bertz CT molecular complexity index is 2520. The number of carbonyl (C=O) groups is 2. The summed E-state index contributed by atoms with van der Waals surface area (Å²) in [4.78, 5) is 40.8. The zero-order chi connectivity index (χ0) is 41.8. The predicted octanol–water partition coefficient (Wildman–Crippen LogP) is 6.36. The Balaban J connectivity index is 0.779. The number of likely N-dealkylation sites (tertiary alicyclic amines) is 2. The molecule has 6 heterocycles. The number of fused-ring (bicyclic) bond motifs is 2. The van der Waals surface area contributed by atoms with Crippen molar-refractivity contribution in [3.63, 3.8) is 0 Å². The number of phenols is 1. The molecule has 0 unspecified atom stereocenters. The number of aromatic amines is 1. The van der Waals surface area contributed by atoms with Crippen LogP contribution in [0, 0.1) is 31.6 Å². The third-order valence-electron chi connectivity index (χ3n) is 12.7. The number of aliphatic hydroxyl groups is 1. The largest absolute Gasteiger partial charge is 0.507 e. The molecule has 1 saturated carbocycles. The van der Waals surface area contributed by atoms with E-state index in [-0.39, 0.29) is 42.5 Å². The number of H-pyrrole nitrogens is 1. The zero-order valence-corrected chi connectivity index (χ0v) is 35.1. The molecule has 0 bridgehead atoms. The second kappa shape index (κ2) is 16.1. The Morgan fingerprint density at radius 2 is 1.80 bits per heavy atom. The number of para-hydroxylation sites is 1. The number of nitrogens with zero attached hydrogens (tertiary/aromatic N) is 6. The minimum Gasteiger partial charge on any atom is -0.507 e. The summed E-state index contributed by atoms with van der Waals surface area (Å²) >= 11 is 1.59. The zero-order valence-electron chi connectivity index (χ0n) is 34.3. The first kappa shape index (κ1) is 39.8. The van der Waals surface area contributed by atoms with Gasteiger partial charge in [-0.2, -0.15) is 0 Å². The minimum absolute atomic E-state index is 0.0577. The van der Waals surface area contributed by atoms with Crippen LogP contribution in [-0.4, -0.2) is 102 Å². The molecule has 14 nitrogen and oxygen atoms in total. The highest BCUT2D eigenvalue weighted by Crippen LogP contribution is 2.59. The number of hydrogen-bond donors (Lipinski definition) is 4. The van der Waals surface area contributed by atoms with Crippen LogP contribution in [0.5, 0.6) is 11.6 Å². The van der Waals surface area contributed by atoms with Crippen molar-refractivity contribution in [2.45, 2.75) is 71.1 Å². The normalized spacial score (nSPS) is 22.3. The van der Waals surface area contributed by atoms with Gasteiger partial charge >= 0.3 is 0 Å². The molecule has 15 heteroatoms. The van der Waals surface area contributed by atoms with Gasteiger partial charge in [-0.15, -0.1) is 21.5 Å². The number of hydrogen-bond acceptors (Lipinski definition) is 12. The Kier molecular flexibility index (Phi) is 10.7. The molecule has 2 amide bonds. The van der Waals surface area contributed by atoms with Gasteiger partial charge in [-0.3, -0.25) is 14.5 Å². The summed E-state index contributed by atoms with van der Waals surface area (Å²) in [5, 5.41) is 38.1. The van der Waals surface area contributed by atoms with Crippen molar-refractivity contribution in [3.05, 3.63) is 94.4 Å². The molecule has 9 rings (SSSR count). The number of amides is 2. The van der Waals surface area contributed by atoms with Gasteiger partial charge in [0.2, 0.25) is 11.8 Å². The van der Waals surface area contributed by atoms with Crippen LogP contribution < -0.4 is 10.1 Å². The lowest BCUT2D eigenvalue weighted by Gasteiger charge is -2.29. The van der Waals surface area contributed by atoms with Gasteiger partial charge in [0.1, 0.15) is 24.3 Å². The number of aromatic hydroxyl groups is 1. The van der Waals surface area contributed by atoms with Crippen LogP contribution in [0.25, 0.3) is 32.7 Å². The lowest BCUT2D eigenvalue weighted by molar-refractivity contribution is -0.141. The molecular weight excluding hydrogens is 781 g/mol. The molecule has 4 aromatic heterocycles. The average Bonchev–Trinajstić information content (AvgIpc) is 3.90. The third-order valence-corrected chi connectivity index (χ3v) is 13.7. The predicted molar refractivity (Wildman–Crippen MR) is 226 cm³/mol. The first-order valence-electron chi connectivity index (χ1n) is 20.7. The number of carbonyl (C=O) groups excluding carboxylic acids is 2. The lowest BCUT2D eigenvalue weighted by Crippen LogP contribution is -2.48. The summed E-state index contributed by atoms with van der Waals surface area (Å²) in [6.07, 6.45) is -0.666. The standard InChI is InChI=1S/C45H50N8O6S/c1-23(2)39(45(57)53-19-29(54)16-35(53)44(56)47-25(4)27-10-12-28(13-11-27)42-26(5)46-22-60-42)37-18-38(51-59-37)58-15-14-52-20-32-33(21-52)40(32)41-24(3)31-17-34(49-50-43(31)48-41)30-8-6-7-9-36(30)55/h6-13,17-18,22-23,25,29,32-33,35,39-40,54-55H,14-16,19-21H2,1-5H3,(H,47,56)(H,48,50)/t25-,29+,32-,33+,35-,39+,40+/m0/s1. The molecule has 2 aliphatic heterocycles. The first-order chi connectivity index (χ1) is 28.9. The number of thiazole rings is 1. The van der Waals surface area contributed by atoms with Crippen molar-refractivity contribution in [1.82, 2.24) is 40.4 Å². The third kappa shape index (κ3) is 7.54. The maximum atomic E-state index is 14.2. The van der Waals surface area contributed by atoms with Crippen LogP contribution in [0.1, 0.15) is 73.3 Å². The number of aryl methyl sites for hydroxylation is 2. The quantitative estimate of drug-likeness (QED) is 0.102. The van der Waals surface area contributed by atoms with E-state index in [0.717, 1.165) is 52.4 Å². The van der Waals surface area contributed by atoms with Gasteiger partial charge in [0.15, 0.2) is 11.4 Å². The summed E-state index contributed by atoms with van der Waals surface area (Å²) in [6.45, 7) is 13.0. The molecule has 3 fully saturated rings. The number of aliphatic hydroxyl groups excluding tert-OH is 1. The molecule has 6 aromatic rings. The smallest absolute Gasteiger partial charge is 0.254 e. The Hall–Kier alpha value is -5.64. The summed E-state index contributed by atoms with van der Waals surface area (Å²) < 4.78 is 11.8. The van der Waals surface area contributed by atoms with Crippen LogP contribution in [0.2, 0.25) is 0 Å². The molecule has 4 N–H and O–H groups in total. The van der Waals surface area contributed by atoms with Crippen molar-refractivity contribution in [2.75, 3.05) is 32.8 Å².